The molecule has 0 aliphatic carbocycles. The Bertz CT molecular complexity index is 759. The number of aryl methyl sites for hydroxylation is 2. The van der Waals surface area contributed by atoms with Crippen molar-refractivity contribution in [3.63, 3.8) is 0 Å². The van der Waals surface area contributed by atoms with Crippen LogP contribution in [-0.2, 0) is 4.79 Å². The third-order valence-electron chi connectivity index (χ3n) is 3.04. The molecular formula is C16H14N2O5. The standard InChI is InChI=1S/C16H14N2O5/c1-10-7-12(3-6-15(19)20)8-11(2)16(10)23-14-5-4-13(9-17-14)18(21)22/h3-9H,1-2H3,(H,19,20). The van der Waals surface area contributed by atoms with E-state index in [9.17, 15) is 14.9 Å². The second-order valence-corrected chi connectivity index (χ2v) is 4.87. The zero-order chi connectivity index (χ0) is 17.0. The van der Waals surface area contributed by atoms with Gasteiger partial charge in [-0.15, -0.1) is 0 Å². The summed E-state index contributed by atoms with van der Waals surface area (Å²) in [5.41, 5.74) is 2.23. The van der Waals surface area contributed by atoms with E-state index in [1.807, 2.05) is 13.8 Å². The molecule has 1 aromatic heterocycles. The van der Waals surface area contributed by atoms with E-state index in [4.69, 9.17) is 9.84 Å². The van der Waals surface area contributed by atoms with Gasteiger partial charge in [-0.2, -0.15) is 0 Å². The smallest absolute Gasteiger partial charge is 0.328 e. The maximum atomic E-state index is 10.6. The molecule has 0 unspecified atom stereocenters. The fraction of sp³-hybridized carbons (Fsp3) is 0.125. The van der Waals surface area contributed by atoms with E-state index in [-0.39, 0.29) is 11.6 Å². The molecular weight excluding hydrogens is 300 g/mol. The van der Waals surface area contributed by atoms with Crippen LogP contribution in [0.4, 0.5) is 5.69 Å². The number of nitrogens with zero attached hydrogens (tertiary/aromatic N) is 2. The second-order valence-electron chi connectivity index (χ2n) is 4.87. The van der Waals surface area contributed by atoms with E-state index in [0.717, 1.165) is 29.0 Å². The summed E-state index contributed by atoms with van der Waals surface area (Å²) in [7, 11) is 0. The van der Waals surface area contributed by atoms with Gasteiger partial charge in [0.05, 0.1) is 4.92 Å². The summed E-state index contributed by atoms with van der Waals surface area (Å²) in [6, 6.07) is 6.31. The maximum absolute atomic E-state index is 10.6. The van der Waals surface area contributed by atoms with Crippen molar-refractivity contribution in [1.82, 2.24) is 4.98 Å². The number of carboxylic acids is 1. The summed E-state index contributed by atoms with van der Waals surface area (Å²) in [5.74, 6) is -0.190. The first-order valence-electron chi connectivity index (χ1n) is 6.67. The summed E-state index contributed by atoms with van der Waals surface area (Å²) in [6.45, 7) is 3.65. The highest BCUT2D eigenvalue weighted by molar-refractivity contribution is 5.85. The van der Waals surface area contributed by atoms with Crippen LogP contribution in [0.3, 0.4) is 0 Å². The van der Waals surface area contributed by atoms with E-state index in [1.54, 1.807) is 12.1 Å². The third kappa shape index (κ3) is 4.13. The first-order valence-corrected chi connectivity index (χ1v) is 6.67. The minimum atomic E-state index is -1.02. The first-order chi connectivity index (χ1) is 10.9. The number of aromatic nitrogens is 1. The molecule has 7 heteroatoms. The Morgan fingerprint density at radius 3 is 2.43 bits per heavy atom. The Hall–Kier alpha value is -3.22. The molecule has 0 spiro atoms. The Morgan fingerprint density at radius 1 is 1.30 bits per heavy atom. The van der Waals surface area contributed by atoms with Crippen LogP contribution in [0.5, 0.6) is 11.6 Å². The lowest BCUT2D eigenvalue weighted by molar-refractivity contribution is -0.385. The van der Waals surface area contributed by atoms with Crippen molar-refractivity contribution in [3.8, 4) is 11.6 Å². The molecule has 0 atom stereocenters. The van der Waals surface area contributed by atoms with Crippen LogP contribution in [0.25, 0.3) is 6.08 Å². The molecule has 0 radical (unpaired) electrons. The zero-order valence-corrected chi connectivity index (χ0v) is 12.5. The maximum Gasteiger partial charge on any atom is 0.328 e. The van der Waals surface area contributed by atoms with E-state index < -0.39 is 10.9 Å². The number of aliphatic carboxylic acids is 1. The summed E-state index contributed by atoms with van der Waals surface area (Å²) in [4.78, 5) is 24.5. The minimum absolute atomic E-state index is 0.111. The fourth-order valence-corrected chi connectivity index (χ4v) is 2.05. The zero-order valence-electron chi connectivity index (χ0n) is 12.5. The molecule has 23 heavy (non-hydrogen) atoms. The number of carbonyl (C=O) groups is 1. The van der Waals surface area contributed by atoms with Crippen LogP contribution in [0.15, 0.2) is 36.5 Å². The molecule has 118 valence electrons. The lowest BCUT2D eigenvalue weighted by Gasteiger charge is -2.12. The quantitative estimate of drug-likeness (QED) is 0.515. The van der Waals surface area contributed by atoms with Gasteiger partial charge in [-0.1, -0.05) is 0 Å². The van der Waals surface area contributed by atoms with Crippen LogP contribution in [-0.4, -0.2) is 21.0 Å². The monoisotopic (exact) mass is 314 g/mol. The highest BCUT2D eigenvalue weighted by atomic mass is 16.6. The highest BCUT2D eigenvalue weighted by Crippen LogP contribution is 2.29. The topological polar surface area (TPSA) is 103 Å². The lowest BCUT2D eigenvalue weighted by Crippen LogP contribution is -1.95. The first kappa shape index (κ1) is 16.2. The van der Waals surface area contributed by atoms with Crippen molar-refractivity contribution >= 4 is 17.7 Å². The van der Waals surface area contributed by atoms with Crippen LogP contribution in [0.1, 0.15) is 16.7 Å². The van der Waals surface area contributed by atoms with Crippen molar-refractivity contribution in [2.24, 2.45) is 0 Å². The molecule has 0 amide bonds. The van der Waals surface area contributed by atoms with E-state index in [0.29, 0.717) is 5.75 Å². The van der Waals surface area contributed by atoms with E-state index >= 15 is 0 Å². The lowest BCUT2D eigenvalue weighted by atomic mass is 10.1. The summed E-state index contributed by atoms with van der Waals surface area (Å²) < 4.78 is 5.68. The van der Waals surface area contributed by atoms with E-state index in [1.165, 1.54) is 18.2 Å². The number of pyridine rings is 1. The molecule has 2 aromatic rings. The molecule has 0 bridgehead atoms. The van der Waals surface area contributed by atoms with Gasteiger partial charge in [0.1, 0.15) is 11.9 Å². The molecule has 0 saturated carbocycles. The number of nitro groups is 1. The molecule has 1 aromatic carbocycles. The molecule has 7 nitrogen and oxygen atoms in total. The number of ether oxygens (including phenoxy) is 1. The average molecular weight is 314 g/mol. The number of rotatable bonds is 5. The molecule has 1 heterocycles. The van der Waals surface area contributed by atoms with Gasteiger partial charge in [0.25, 0.3) is 5.69 Å². The van der Waals surface area contributed by atoms with Gasteiger partial charge in [0, 0.05) is 18.2 Å². The van der Waals surface area contributed by atoms with E-state index in [2.05, 4.69) is 4.98 Å². The second kappa shape index (κ2) is 6.69. The third-order valence-corrected chi connectivity index (χ3v) is 3.04. The number of carboxylic acid groups (broad SMARTS) is 1. The Balaban J connectivity index is 2.26. The van der Waals surface area contributed by atoms with Gasteiger partial charge in [0.2, 0.25) is 5.88 Å². The predicted octanol–water partition coefficient (Wildman–Crippen LogP) is 3.50. The molecule has 2 rings (SSSR count). The summed E-state index contributed by atoms with van der Waals surface area (Å²) in [6.07, 6.45) is 3.69. The summed E-state index contributed by atoms with van der Waals surface area (Å²) >= 11 is 0. The van der Waals surface area contributed by atoms with Crippen molar-refractivity contribution < 1.29 is 19.6 Å². The Kier molecular flexibility index (Phi) is 4.70. The van der Waals surface area contributed by atoms with Crippen LogP contribution in [0.2, 0.25) is 0 Å². The SMILES string of the molecule is Cc1cc(C=CC(=O)O)cc(C)c1Oc1ccc([N+](=O)[O-])cn1. The van der Waals surface area contributed by atoms with Crippen LogP contribution < -0.4 is 4.74 Å². The van der Waals surface area contributed by atoms with Gasteiger partial charge in [0.15, 0.2) is 0 Å². The normalized spacial score (nSPS) is 10.7. The van der Waals surface area contributed by atoms with Gasteiger partial charge in [-0.3, -0.25) is 10.1 Å². The molecule has 1 N–H and O–H groups in total. The van der Waals surface area contributed by atoms with Crippen molar-refractivity contribution in [2.45, 2.75) is 13.8 Å². The van der Waals surface area contributed by atoms with Crippen molar-refractivity contribution in [3.05, 3.63) is 63.3 Å². The van der Waals surface area contributed by atoms with Crippen LogP contribution in [0, 0.1) is 24.0 Å². The molecule has 0 fully saturated rings. The van der Waals surface area contributed by atoms with Gasteiger partial charge < -0.3 is 9.84 Å². The largest absolute Gasteiger partial charge is 0.478 e. The Labute approximate surface area is 132 Å². The van der Waals surface area contributed by atoms with Gasteiger partial charge >= 0.3 is 5.97 Å². The number of hydrogen-bond acceptors (Lipinski definition) is 5. The number of hydrogen-bond donors (Lipinski definition) is 1. The minimum Gasteiger partial charge on any atom is -0.478 e. The van der Waals surface area contributed by atoms with Crippen LogP contribution >= 0.6 is 0 Å². The van der Waals surface area contributed by atoms with Crippen molar-refractivity contribution in [2.75, 3.05) is 0 Å². The predicted molar refractivity (Wildman–Crippen MR) is 83.6 cm³/mol. The highest BCUT2D eigenvalue weighted by Gasteiger charge is 2.10. The molecule has 0 aliphatic rings. The number of benzene rings is 1. The summed E-state index contributed by atoms with van der Waals surface area (Å²) in [5, 5.41) is 19.3. The van der Waals surface area contributed by atoms with Gasteiger partial charge in [-0.25, -0.2) is 9.78 Å². The van der Waals surface area contributed by atoms with Gasteiger partial charge in [-0.05, 0) is 48.7 Å². The average Bonchev–Trinajstić information content (AvgIpc) is 2.49. The fourth-order valence-electron chi connectivity index (χ4n) is 2.05. The molecule has 0 aliphatic heterocycles. The van der Waals surface area contributed by atoms with Crippen molar-refractivity contribution in [1.29, 1.82) is 0 Å². The Morgan fingerprint density at radius 2 is 1.96 bits per heavy atom. The molecule has 0 saturated heterocycles.